The van der Waals surface area contributed by atoms with Gasteiger partial charge in [-0.05, 0) is 32.7 Å². The molecule has 2 nitrogen and oxygen atoms in total. The van der Waals surface area contributed by atoms with Gasteiger partial charge in [0.25, 0.3) is 6.08 Å². The van der Waals surface area contributed by atoms with Crippen LogP contribution in [0.4, 0.5) is 8.78 Å². The van der Waals surface area contributed by atoms with Crippen LogP contribution in [0, 0.1) is 0 Å². The van der Waals surface area contributed by atoms with Crippen LogP contribution < -0.4 is 0 Å². The molecule has 16 heavy (non-hydrogen) atoms. The Hall–Kier alpha value is -0.130. The first-order chi connectivity index (χ1) is 7.53. The predicted octanol–water partition coefficient (Wildman–Crippen LogP) is 2.67. The number of fused-ring (bicyclic) bond motifs is 1. The molecule has 2 atom stereocenters. The quantitative estimate of drug-likeness (QED) is 0.610. The first-order valence-electron chi connectivity index (χ1n) is 5.61. The molecule has 92 valence electrons. The van der Waals surface area contributed by atoms with E-state index in [0.29, 0.717) is 19.6 Å². The SMILES string of the molecule is CC(S)OCC12CCCN1CC(=C(F)F)C2. The summed E-state index contributed by atoms with van der Waals surface area (Å²) >= 11 is 4.16. The summed E-state index contributed by atoms with van der Waals surface area (Å²) in [5, 5.41) is 0. The normalized spacial score (nSPS) is 31.9. The monoisotopic (exact) mass is 249 g/mol. The van der Waals surface area contributed by atoms with Crippen molar-refractivity contribution in [2.75, 3.05) is 19.7 Å². The lowest BCUT2D eigenvalue weighted by atomic mass is 9.94. The van der Waals surface area contributed by atoms with Crippen molar-refractivity contribution >= 4 is 12.6 Å². The molecule has 0 bridgehead atoms. The smallest absolute Gasteiger partial charge is 0.270 e. The van der Waals surface area contributed by atoms with Crippen molar-refractivity contribution in [1.82, 2.24) is 4.90 Å². The summed E-state index contributed by atoms with van der Waals surface area (Å²) in [4.78, 5) is 2.14. The maximum absolute atomic E-state index is 12.6. The van der Waals surface area contributed by atoms with Gasteiger partial charge in [-0.25, -0.2) is 0 Å². The fraction of sp³-hybridized carbons (Fsp3) is 0.818. The van der Waals surface area contributed by atoms with Gasteiger partial charge in [0.1, 0.15) is 0 Å². The summed E-state index contributed by atoms with van der Waals surface area (Å²) in [5.74, 6) is 0. The Morgan fingerprint density at radius 1 is 1.62 bits per heavy atom. The zero-order valence-electron chi connectivity index (χ0n) is 9.38. The molecular formula is C11H17F2NOS. The third-order valence-electron chi connectivity index (χ3n) is 3.53. The summed E-state index contributed by atoms with van der Waals surface area (Å²) in [6.07, 6.45) is 0.971. The number of thiol groups is 1. The van der Waals surface area contributed by atoms with Gasteiger partial charge in [0.15, 0.2) is 0 Å². The van der Waals surface area contributed by atoms with Crippen LogP contribution in [-0.2, 0) is 4.74 Å². The highest BCUT2D eigenvalue weighted by molar-refractivity contribution is 7.80. The Morgan fingerprint density at radius 2 is 2.38 bits per heavy atom. The van der Waals surface area contributed by atoms with E-state index in [-0.39, 0.29) is 16.5 Å². The van der Waals surface area contributed by atoms with Gasteiger partial charge >= 0.3 is 0 Å². The summed E-state index contributed by atoms with van der Waals surface area (Å²) in [6, 6.07) is 0. The number of rotatable bonds is 3. The Morgan fingerprint density at radius 3 is 3.00 bits per heavy atom. The van der Waals surface area contributed by atoms with Crippen molar-refractivity contribution in [2.24, 2.45) is 0 Å². The van der Waals surface area contributed by atoms with Gasteiger partial charge in [0.05, 0.1) is 12.0 Å². The van der Waals surface area contributed by atoms with Crippen molar-refractivity contribution in [3.63, 3.8) is 0 Å². The topological polar surface area (TPSA) is 12.5 Å². The van der Waals surface area contributed by atoms with Gasteiger partial charge in [-0.1, -0.05) is 0 Å². The van der Waals surface area contributed by atoms with E-state index in [4.69, 9.17) is 4.74 Å². The number of hydrogen-bond donors (Lipinski definition) is 1. The summed E-state index contributed by atoms with van der Waals surface area (Å²) < 4.78 is 30.7. The Balaban J connectivity index is 2.09. The Labute approximate surface area is 100 Å². The fourth-order valence-corrected chi connectivity index (χ4v) is 2.82. The second-order valence-corrected chi connectivity index (χ2v) is 5.43. The van der Waals surface area contributed by atoms with Crippen LogP contribution in [-0.4, -0.2) is 35.6 Å². The average Bonchev–Trinajstić information content (AvgIpc) is 2.70. The minimum Gasteiger partial charge on any atom is -0.366 e. The third kappa shape index (κ3) is 2.26. The molecule has 0 aromatic rings. The molecule has 2 unspecified atom stereocenters. The van der Waals surface area contributed by atoms with E-state index in [2.05, 4.69) is 17.5 Å². The highest BCUT2D eigenvalue weighted by Gasteiger charge is 2.47. The van der Waals surface area contributed by atoms with Gasteiger partial charge in [-0.2, -0.15) is 8.78 Å². The first kappa shape index (κ1) is 12.3. The first-order valence-corrected chi connectivity index (χ1v) is 6.13. The number of hydrogen-bond acceptors (Lipinski definition) is 3. The largest absolute Gasteiger partial charge is 0.366 e. The summed E-state index contributed by atoms with van der Waals surface area (Å²) in [6.45, 7) is 3.67. The van der Waals surface area contributed by atoms with E-state index < -0.39 is 6.08 Å². The van der Waals surface area contributed by atoms with Gasteiger partial charge in [-0.3, -0.25) is 4.90 Å². The van der Waals surface area contributed by atoms with Crippen molar-refractivity contribution in [3.8, 4) is 0 Å². The van der Waals surface area contributed by atoms with E-state index in [1.807, 2.05) is 6.92 Å². The highest BCUT2D eigenvalue weighted by atomic mass is 32.1. The second kappa shape index (κ2) is 4.63. The van der Waals surface area contributed by atoms with E-state index in [9.17, 15) is 8.78 Å². The van der Waals surface area contributed by atoms with Crippen LogP contribution in [0.1, 0.15) is 26.2 Å². The molecule has 0 aromatic carbocycles. The lowest BCUT2D eigenvalue weighted by Crippen LogP contribution is -2.42. The molecule has 0 radical (unpaired) electrons. The zero-order valence-corrected chi connectivity index (χ0v) is 10.3. The minimum atomic E-state index is -1.51. The van der Waals surface area contributed by atoms with Crippen LogP contribution in [0.5, 0.6) is 0 Å². The van der Waals surface area contributed by atoms with E-state index in [0.717, 1.165) is 19.4 Å². The molecule has 2 rings (SSSR count). The lowest BCUT2D eigenvalue weighted by Gasteiger charge is -2.31. The van der Waals surface area contributed by atoms with Crippen molar-refractivity contribution < 1.29 is 13.5 Å². The number of nitrogens with zero attached hydrogens (tertiary/aromatic N) is 1. The second-order valence-electron chi connectivity index (χ2n) is 4.70. The minimum absolute atomic E-state index is 0.139. The van der Waals surface area contributed by atoms with Crippen molar-refractivity contribution in [3.05, 3.63) is 11.7 Å². The van der Waals surface area contributed by atoms with Crippen LogP contribution >= 0.6 is 12.6 Å². The van der Waals surface area contributed by atoms with Crippen LogP contribution in [0.15, 0.2) is 11.7 Å². The third-order valence-corrected chi connectivity index (χ3v) is 3.67. The highest BCUT2D eigenvalue weighted by Crippen LogP contribution is 2.42. The predicted molar refractivity (Wildman–Crippen MR) is 61.8 cm³/mol. The maximum atomic E-state index is 12.6. The maximum Gasteiger partial charge on any atom is 0.270 e. The summed E-state index contributed by atoms with van der Waals surface area (Å²) in [5.41, 5.74) is -0.0364. The molecule has 2 fully saturated rings. The molecule has 0 spiro atoms. The van der Waals surface area contributed by atoms with E-state index >= 15 is 0 Å². The van der Waals surface area contributed by atoms with Crippen LogP contribution in [0.2, 0.25) is 0 Å². The number of ether oxygens (including phenoxy) is 1. The van der Waals surface area contributed by atoms with E-state index in [1.54, 1.807) is 0 Å². The average molecular weight is 249 g/mol. The van der Waals surface area contributed by atoms with Crippen molar-refractivity contribution in [1.29, 1.82) is 0 Å². The van der Waals surface area contributed by atoms with Gasteiger partial charge < -0.3 is 4.74 Å². The molecule has 0 saturated carbocycles. The van der Waals surface area contributed by atoms with Gasteiger partial charge in [0, 0.05) is 17.7 Å². The van der Waals surface area contributed by atoms with Crippen LogP contribution in [0.3, 0.4) is 0 Å². The standard InChI is InChI=1S/C11H17F2NOS/c1-8(16)15-7-11-3-2-4-14(11)6-9(5-11)10(12)13/h8,16H,2-7H2,1H3. The van der Waals surface area contributed by atoms with Gasteiger partial charge in [0.2, 0.25) is 0 Å². The molecule has 0 amide bonds. The van der Waals surface area contributed by atoms with Crippen LogP contribution in [0.25, 0.3) is 0 Å². The molecular weight excluding hydrogens is 232 g/mol. The molecule has 0 aliphatic carbocycles. The molecule has 0 N–H and O–H groups in total. The Kier molecular flexibility index (Phi) is 3.56. The lowest BCUT2D eigenvalue weighted by molar-refractivity contribution is 0.0298. The van der Waals surface area contributed by atoms with Crippen molar-refractivity contribution in [2.45, 2.75) is 37.2 Å². The molecule has 2 saturated heterocycles. The molecule has 2 aliphatic heterocycles. The summed E-state index contributed by atoms with van der Waals surface area (Å²) in [7, 11) is 0. The number of halogens is 2. The Bertz CT molecular complexity index is 304. The van der Waals surface area contributed by atoms with E-state index in [1.165, 1.54) is 0 Å². The molecule has 2 aliphatic rings. The molecule has 2 heterocycles. The van der Waals surface area contributed by atoms with Gasteiger partial charge in [-0.15, -0.1) is 12.6 Å². The molecule has 0 aromatic heterocycles. The molecule has 5 heteroatoms. The fourth-order valence-electron chi connectivity index (χ4n) is 2.74. The zero-order chi connectivity index (χ0) is 11.8.